The van der Waals surface area contributed by atoms with Gasteiger partial charge in [0.1, 0.15) is 23.9 Å². The molecule has 1 saturated carbocycles. The van der Waals surface area contributed by atoms with E-state index in [1.165, 1.54) is 0 Å². The highest BCUT2D eigenvalue weighted by Crippen LogP contribution is 2.32. The van der Waals surface area contributed by atoms with Crippen LogP contribution in [0.25, 0.3) is 10.8 Å². The highest BCUT2D eigenvalue weighted by Gasteiger charge is 2.31. The smallest absolute Gasteiger partial charge is 0.326 e. The van der Waals surface area contributed by atoms with Gasteiger partial charge >= 0.3 is 41.8 Å². The molecule has 2 aromatic rings. The largest absolute Gasteiger partial charge is 0.481 e. The van der Waals surface area contributed by atoms with Gasteiger partial charge in [0, 0.05) is 84.1 Å². The number of ketones is 1. The topological polar surface area (TPSA) is 353 Å². The van der Waals surface area contributed by atoms with Crippen molar-refractivity contribution in [3.8, 4) is 0 Å². The first-order valence-electron chi connectivity index (χ1n) is 25.1. The van der Waals surface area contributed by atoms with Gasteiger partial charge in [0.05, 0.1) is 26.2 Å². The van der Waals surface area contributed by atoms with E-state index in [1.807, 2.05) is 47.4 Å². The van der Waals surface area contributed by atoms with Crippen molar-refractivity contribution in [3.05, 3.63) is 48.0 Å². The maximum atomic E-state index is 13.8. The lowest BCUT2D eigenvalue weighted by atomic mass is 9.79. The lowest BCUT2D eigenvalue weighted by molar-refractivity contribution is -0.141. The van der Waals surface area contributed by atoms with Crippen LogP contribution < -0.4 is 21.3 Å². The van der Waals surface area contributed by atoms with Gasteiger partial charge in [-0.15, -0.1) is 0 Å². The van der Waals surface area contributed by atoms with E-state index in [0.29, 0.717) is 64.7 Å². The number of carbonyl (C=O) groups excluding carboxylic acids is 4. The minimum absolute atomic E-state index is 0.0233. The summed E-state index contributed by atoms with van der Waals surface area (Å²) in [5.41, 5.74) is 0.812. The van der Waals surface area contributed by atoms with Crippen LogP contribution in [-0.4, -0.2) is 213 Å². The van der Waals surface area contributed by atoms with Gasteiger partial charge in [-0.3, -0.25) is 53.2 Å². The zero-order chi connectivity index (χ0) is 54.2. The number of nitrogens with one attached hydrogen (secondary N) is 4. The summed E-state index contributed by atoms with van der Waals surface area (Å²) in [7, 11) is 0. The van der Waals surface area contributed by atoms with E-state index >= 15 is 0 Å². The van der Waals surface area contributed by atoms with Crippen molar-refractivity contribution in [2.45, 2.75) is 95.2 Å². The summed E-state index contributed by atoms with van der Waals surface area (Å²) >= 11 is 0. The number of carbonyl (C=O) groups is 10. The summed E-state index contributed by atoms with van der Waals surface area (Å²) in [5, 5.41) is 68.4. The Morgan fingerprint density at radius 2 is 1.03 bits per heavy atom. The fourth-order valence-corrected chi connectivity index (χ4v) is 9.24. The Morgan fingerprint density at radius 1 is 0.527 bits per heavy atom. The van der Waals surface area contributed by atoms with Crippen LogP contribution in [-0.2, 0) is 49.6 Å². The Hall–Kier alpha value is -6.76. The second kappa shape index (κ2) is 31.1. The average Bonchev–Trinajstić information content (AvgIpc) is 3.34. The van der Waals surface area contributed by atoms with Gasteiger partial charge in [0.25, 0.3) is 0 Å². The van der Waals surface area contributed by atoms with Crippen molar-refractivity contribution in [1.29, 1.82) is 0 Å². The van der Waals surface area contributed by atoms with Crippen LogP contribution in [0.3, 0.4) is 0 Å². The Balaban J connectivity index is 1.30. The molecule has 3 unspecified atom stereocenters. The third-order valence-electron chi connectivity index (χ3n) is 13.4. The molecule has 3 atom stereocenters. The van der Waals surface area contributed by atoms with Crippen molar-refractivity contribution in [1.82, 2.24) is 40.9 Å². The molecule has 2 aromatic carbocycles. The van der Waals surface area contributed by atoms with Crippen molar-refractivity contribution < 1.29 is 78.6 Å². The summed E-state index contributed by atoms with van der Waals surface area (Å²) in [6.07, 6.45) is 3.02. The van der Waals surface area contributed by atoms with Crippen LogP contribution in [0.2, 0.25) is 0 Å². The Labute approximate surface area is 428 Å². The second-order valence-corrected chi connectivity index (χ2v) is 19.1. The number of nitrogens with zero attached hydrogens (tertiary/aromatic N) is 4. The van der Waals surface area contributed by atoms with Crippen LogP contribution in [0.4, 0.5) is 4.79 Å². The molecule has 4 rings (SSSR count). The number of carboxylic acid groups (broad SMARTS) is 6. The van der Waals surface area contributed by atoms with E-state index in [1.54, 1.807) is 14.7 Å². The summed E-state index contributed by atoms with van der Waals surface area (Å²) in [6.45, 7) is 1.73. The molecule has 2 aliphatic rings. The molecular weight excluding hydrogens is 969 g/mol. The first kappa shape index (κ1) is 59.8. The molecule has 24 heteroatoms. The molecule has 1 aliphatic heterocycles. The minimum atomic E-state index is -1.55. The van der Waals surface area contributed by atoms with Gasteiger partial charge in [-0.1, -0.05) is 42.5 Å². The fourth-order valence-electron chi connectivity index (χ4n) is 9.24. The molecule has 1 heterocycles. The number of amides is 4. The SMILES string of the molecule is O=C(O)CCC(NC(=O)NC(CCCCNC(=O)C(Cc1ccc2ccccc2c1)NC(=O)C1CCC(CCC(=O)CN2CCN(CC(=O)O)CCN(CC(=O)O)CCN(CC(=O)O)CC2)CC1)C(=O)O)C(=O)O. The number of Topliss-reactive ketones (excluding diaryl/α,β-unsaturated/α-hetero) is 1. The Bertz CT molecular complexity index is 2230. The number of fused-ring (bicyclic) bond motifs is 1. The number of urea groups is 1. The molecule has 408 valence electrons. The normalized spacial score (nSPS) is 18.8. The van der Waals surface area contributed by atoms with E-state index in [0.717, 1.165) is 16.3 Å². The standard InChI is InChI=1S/C50H72N8O16/c59-38(29-55-19-21-56(30-43(62)63)23-25-58(32-45(66)67)26-24-57(22-20-55)31-44(64)65)15-11-33-8-13-36(14-9-33)46(68)52-41(28-34-10-12-35-5-1-2-6-37(35)27-34)47(69)51-18-4-3-7-39(48(70)71)53-50(74)54-40(49(72)73)16-17-42(60)61/h1-2,5-6,10,12,27,33,36,39-41H,3-4,7-9,11,13-26,28-32H2,(H,51,69)(H,52,68)(H,60,61)(H,62,63)(H,64,65)(H,66,67)(H,70,71)(H,72,73)(H2,53,54,74). The van der Waals surface area contributed by atoms with E-state index in [9.17, 15) is 73.5 Å². The van der Waals surface area contributed by atoms with Gasteiger partial charge in [0.15, 0.2) is 0 Å². The van der Waals surface area contributed by atoms with Crippen LogP contribution in [0.1, 0.15) is 76.2 Å². The number of aliphatic carboxylic acids is 6. The zero-order valence-corrected chi connectivity index (χ0v) is 41.7. The van der Waals surface area contributed by atoms with Gasteiger partial charge in [-0.05, 0) is 80.0 Å². The van der Waals surface area contributed by atoms with E-state index in [2.05, 4.69) is 21.3 Å². The maximum Gasteiger partial charge on any atom is 0.326 e. The third kappa shape index (κ3) is 22.6. The van der Waals surface area contributed by atoms with Crippen LogP contribution in [0, 0.1) is 11.8 Å². The first-order chi connectivity index (χ1) is 35.2. The molecule has 0 aromatic heterocycles. The molecule has 24 nitrogen and oxygen atoms in total. The van der Waals surface area contributed by atoms with Crippen molar-refractivity contribution >= 4 is 70.2 Å². The van der Waals surface area contributed by atoms with Crippen molar-refractivity contribution in [3.63, 3.8) is 0 Å². The maximum absolute atomic E-state index is 13.8. The number of hydrogen-bond acceptors (Lipinski definition) is 14. The van der Waals surface area contributed by atoms with Crippen LogP contribution >= 0.6 is 0 Å². The highest BCUT2D eigenvalue weighted by atomic mass is 16.4. The molecule has 74 heavy (non-hydrogen) atoms. The van der Waals surface area contributed by atoms with Crippen LogP contribution in [0.15, 0.2) is 42.5 Å². The molecule has 0 bridgehead atoms. The summed E-state index contributed by atoms with van der Waals surface area (Å²) in [6, 6.07) is 8.50. The molecule has 0 spiro atoms. The average molecular weight is 1040 g/mol. The monoisotopic (exact) mass is 1040 g/mol. The van der Waals surface area contributed by atoms with Gasteiger partial charge in [-0.25, -0.2) is 14.4 Å². The lowest BCUT2D eigenvalue weighted by Crippen LogP contribution is -2.51. The zero-order valence-electron chi connectivity index (χ0n) is 41.7. The number of hydrogen-bond donors (Lipinski definition) is 10. The summed E-state index contributed by atoms with van der Waals surface area (Å²) in [5.74, 6) is -8.20. The van der Waals surface area contributed by atoms with Gasteiger partial charge < -0.3 is 51.9 Å². The van der Waals surface area contributed by atoms with Crippen LogP contribution in [0.5, 0.6) is 0 Å². The van der Waals surface area contributed by atoms with Gasteiger partial charge in [-0.2, -0.15) is 0 Å². The number of rotatable bonds is 28. The molecule has 10 N–H and O–H groups in total. The quantitative estimate of drug-likeness (QED) is 0.0528. The highest BCUT2D eigenvalue weighted by molar-refractivity contribution is 5.90. The Morgan fingerprint density at radius 3 is 1.53 bits per heavy atom. The predicted octanol–water partition coefficient (Wildman–Crippen LogP) is 0.855. The lowest BCUT2D eigenvalue weighted by Gasteiger charge is -2.33. The molecule has 1 saturated heterocycles. The molecular formula is C50H72N8O16. The number of carboxylic acids is 6. The fraction of sp³-hybridized carbons (Fsp3) is 0.600. The van der Waals surface area contributed by atoms with Crippen molar-refractivity contribution in [2.24, 2.45) is 11.8 Å². The Kier molecular flexibility index (Phi) is 25.1. The van der Waals surface area contributed by atoms with E-state index in [-0.39, 0.29) is 108 Å². The first-order valence-corrected chi connectivity index (χ1v) is 25.1. The molecule has 4 amide bonds. The molecule has 0 radical (unpaired) electrons. The van der Waals surface area contributed by atoms with E-state index < -0.39 is 78.7 Å². The number of unbranched alkanes of at least 4 members (excludes halogenated alkanes) is 1. The van der Waals surface area contributed by atoms with Crippen molar-refractivity contribution in [2.75, 3.05) is 85.1 Å². The van der Waals surface area contributed by atoms with Gasteiger partial charge in [0.2, 0.25) is 11.8 Å². The number of benzene rings is 2. The van der Waals surface area contributed by atoms with E-state index in [4.69, 9.17) is 5.11 Å². The predicted molar refractivity (Wildman–Crippen MR) is 266 cm³/mol. The molecule has 1 aliphatic carbocycles. The summed E-state index contributed by atoms with van der Waals surface area (Å²) < 4.78 is 0. The summed E-state index contributed by atoms with van der Waals surface area (Å²) in [4.78, 5) is 130. The second-order valence-electron chi connectivity index (χ2n) is 19.1. The molecule has 2 fully saturated rings. The minimum Gasteiger partial charge on any atom is -0.481 e. The third-order valence-corrected chi connectivity index (χ3v) is 13.4.